The summed E-state index contributed by atoms with van der Waals surface area (Å²) < 4.78 is 24.2. The Bertz CT molecular complexity index is 469. The summed E-state index contributed by atoms with van der Waals surface area (Å²) in [6, 6.07) is 6.10. The molecule has 2 N–H and O–H groups in total. The molecule has 1 aromatic rings. The minimum Gasteiger partial charge on any atom is -0.383 e. The number of nitrogens with one attached hydrogen (secondary N) is 2. The number of rotatable bonds is 6. The van der Waals surface area contributed by atoms with Crippen molar-refractivity contribution in [3.8, 4) is 0 Å². The van der Waals surface area contributed by atoms with E-state index in [1.165, 1.54) is 11.1 Å². The van der Waals surface area contributed by atoms with Gasteiger partial charge in [0.15, 0.2) is 0 Å². The lowest BCUT2D eigenvalue weighted by Gasteiger charge is -2.13. The van der Waals surface area contributed by atoms with E-state index in [2.05, 4.69) is 30.0 Å². The highest BCUT2D eigenvalue weighted by Gasteiger charge is 2.03. The molecule has 0 aliphatic carbocycles. The van der Waals surface area contributed by atoms with E-state index >= 15 is 0 Å². The standard InChI is InChI=1S/C12H20N2O2S/c1-4-11-10(2)6-5-7-12(11)13-8-9-14-17(3,15)16/h5-7,13-14H,4,8-9H2,1-3H3. The number of hydrogen-bond acceptors (Lipinski definition) is 3. The van der Waals surface area contributed by atoms with Gasteiger partial charge in [-0.25, -0.2) is 13.1 Å². The summed E-state index contributed by atoms with van der Waals surface area (Å²) in [5, 5.41) is 3.25. The molecule has 0 spiro atoms. The quantitative estimate of drug-likeness (QED) is 0.759. The highest BCUT2D eigenvalue weighted by Crippen LogP contribution is 2.19. The number of anilines is 1. The van der Waals surface area contributed by atoms with Crippen LogP contribution in [0.25, 0.3) is 0 Å². The van der Waals surface area contributed by atoms with Crippen molar-refractivity contribution < 1.29 is 8.42 Å². The molecule has 0 unspecified atom stereocenters. The van der Waals surface area contributed by atoms with Crippen LogP contribution in [0, 0.1) is 6.92 Å². The Morgan fingerprint density at radius 3 is 2.53 bits per heavy atom. The molecule has 0 saturated heterocycles. The van der Waals surface area contributed by atoms with E-state index in [-0.39, 0.29) is 0 Å². The normalized spacial score (nSPS) is 11.5. The number of aryl methyl sites for hydroxylation is 1. The third kappa shape index (κ3) is 4.75. The molecular weight excluding hydrogens is 236 g/mol. The van der Waals surface area contributed by atoms with Crippen LogP contribution in [-0.4, -0.2) is 27.8 Å². The first-order chi connectivity index (χ1) is 7.94. The minimum atomic E-state index is -3.09. The molecule has 1 rings (SSSR count). The predicted molar refractivity (Wildman–Crippen MR) is 71.9 cm³/mol. The molecule has 17 heavy (non-hydrogen) atoms. The van der Waals surface area contributed by atoms with Crippen molar-refractivity contribution in [3.05, 3.63) is 29.3 Å². The first kappa shape index (κ1) is 14.0. The zero-order valence-corrected chi connectivity index (χ0v) is 11.4. The van der Waals surface area contributed by atoms with Crippen molar-refractivity contribution in [2.75, 3.05) is 24.7 Å². The Kier molecular flexibility index (Phi) is 4.96. The summed E-state index contributed by atoms with van der Waals surface area (Å²) >= 11 is 0. The van der Waals surface area contributed by atoms with Crippen LogP contribution < -0.4 is 10.0 Å². The topological polar surface area (TPSA) is 58.2 Å². The van der Waals surface area contributed by atoms with Crippen LogP contribution in [0.15, 0.2) is 18.2 Å². The van der Waals surface area contributed by atoms with Gasteiger partial charge < -0.3 is 5.32 Å². The first-order valence-electron chi connectivity index (χ1n) is 5.71. The van der Waals surface area contributed by atoms with Crippen LogP contribution >= 0.6 is 0 Å². The molecule has 0 bridgehead atoms. The average Bonchev–Trinajstić information content (AvgIpc) is 2.23. The molecule has 0 heterocycles. The maximum Gasteiger partial charge on any atom is 0.208 e. The molecule has 0 fully saturated rings. The summed E-state index contributed by atoms with van der Waals surface area (Å²) in [7, 11) is -3.09. The van der Waals surface area contributed by atoms with Crippen LogP contribution in [-0.2, 0) is 16.4 Å². The van der Waals surface area contributed by atoms with E-state index < -0.39 is 10.0 Å². The number of benzene rings is 1. The largest absolute Gasteiger partial charge is 0.383 e. The van der Waals surface area contributed by atoms with E-state index in [1.807, 2.05) is 12.1 Å². The Morgan fingerprint density at radius 1 is 1.24 bits per heavy atom. The number of hydrogen-bond donors (Lipinski definition) is 2. The maximum absolute atomic E-state index is 10.9. The Labute approximate surface area is 103 Å². The molecule has 0 atom stereocenters. The van der Waals surface area contributed by atoms with Gasteiger partial charge >= 0.3 is 0 Å². The summed E-state index contributed by atoms with van der Waals surface area (Å²) in [6.45, 7) is 5.18. The van der Waals surface area contributed by atoms with Crippen LogP contribution in [0.4, 0.5) is 5.69 Å². The summed E-state index contributed by atoms with van der Waals surface area (Å²) in [6.07, 6.45) is 2.13. The lowest BCUT2D eigenvalue weighted by atomic mass is 10.0. The maximum atomic E-state index is 10.9. The zero-order valence-electron chi connectivity index (χ0n) is 10.6. The number of sulfonamides is 1. The van der Waals surface area contributed by atoms with Crippen molar-refractivity contribution in [3.63, 3.8) is 0 Å². The van der Waals surface area contributed by atoms with Gasteiger partial charge in [-0.2, -0.15) is 0 Å². The monoisotopic (exact) mass is 256 g/mol. The molecule has 0 aromatic heterocycles. The fourth-order valence-electron chi connectivity index (χ4n) is 1.77. The van der Waals surface area contributed by atoms with Crippen molar-refractivity contribution in [1.29, 1.82) is 0 Å². The van der Waals surface area contributed by atoms with Crippen LogP contribution in [0.1, 0.15) is 18.1 Å². The van der Waals surface area contributed by atoms with Gasteiger partial charge in [0.1, 0.15) is 0 Å². The molecule has 0 aliphatic heterocycles. The van der Waals surface area contributed by atoms with E-state index in [4.69, 9.17) is 0 Å². The van der Waals surface area contributed by atoms with E-state index in [1.54, 1.807) is 0 Å². The second-order valence-corrected chi connectivity index (χ2v) is 5.88. The minimum absolute atomic E-state index is 0.399. The molecule has 1 aromatic carbocycles. The average molecular weight is 256 g/mol. The SMILES string of the molecule is CCc1c(C)cccc1NCCNS(C)(=O)=O. The van der Waals surface area contributed by atoms with E-state index in [0.717, 1.165) is 18.4 Å². The summed E-state index contributed by atoms with van der Waals surface area (Å²) in [5.74, 6) is 0. The summed E-state index contributed by atoms with van der Waals surface area (Å²) in [4.78, 5) is 0. The van der Waals surface area contributed by atoms with Gasteiger partial charge in [-0.1, -0.05) is 19.1 Å². The molecule has 0 amide bonds. The second kappa shape index (κ2) is 6.02. The zero-order chi connectivity index (χ0) is 12.9. The Balaban J connectivity index is 2.55. The van der Waals surface area contributed by atoms with Gasteiger partial charge in [0.25, 0.3) is 0 Å². The van der Waals surface area contributed by atoms with Crippen LogP contribution in [0.5, 0.6) is 0 Å². The van der Waals surface area contributed by atoms with E-state index in [0.29, 0.717) is 13.1 Å². The molecule has 0 radical (unpaired) electrons. The van der Waals surface area contributed by atoms with Crippen LogP contribution in [0.2, 0.25) is 0 Å². The smallest absolute Gasteiger partial charge is 0.208 e. The Morgan fingerprint density at radius 2 is 1.94 bits per heavy atom. The first-order valence-corrected chi connectivity index (χ1v) is 7.60. The highest BCUT2D eigenvalue weighted by molar-refractivity contribution is 7.88. The second-order valence-electron chi connectivity index (χ2n) is 4.05. The van der Waals surface area contributed by atoms with Gasteiger partial charge in [-0.05, 0) is 30.5 Å². The molecule has 0 aliphatic rings. The fourth-order valence-corrected chi connectivity index (χ4v) is 2.24. The van der Waals surface area contributed by atoms with Gasteiger partial charge in [0.05, 0.1) is 6.26 Å². The van der Waals surface area contributed by atoms with Crippen molar-refractivity contribution in [2.24, 2.45) is 0 Å². The van der Waals surface area contributed by atoms with Gasteiger partial charge in [0, 0.05) is 18.8 Å². The Hall–Kier alpha value is -1.07. The summed E-state index contributed by atoms with van der Waals surface area (Å²) in [5.41, 5.74) is 3.63. The molecule has 5 heteroatoms. The molecule has 96 valence electrons. The van der Waals surface area contributed by atoms with Crippen molar-refractivity contribution in [2.45, 2.75) is 20.3 Å². The third-order valence-corrected chi connectivity index (χ3v) is 3.30. The molecule has 0 saturated carbocycles. The van der Waals surface area contributed by atoms with Gasteiger partial charge in [-0.15, -0.1) is 0 Å². The van der Waals surface area contributed by atoms with E-state index in [9.17, 15) is 8.42 Å². The molecule has 4 nitrogen and oxygen atoms in total. The van der Waals surface area contributed by atoms with Crippen molar-refractivity contribution >= 4 is 15.7 Å². The molecular formula is C12H20N2O2S. The third-order valence-electron chi connectivity index (χ3n) is 2.57. The lowest BCUT2D eigenvalue weighted by Crippen LogP contribution is -2.27. The van der Waals surface area contributed by atoms with Crippen molar-refractivity contribution in [1.82, 2.24) is 4.72 Å². The van der Waals surface area contributed by atoms with Gasteiger partial charge in [-0.3, -0.25) is 0 Å². The lowest BCUT2D eigenvalue weighted by molar-refractivity contribution is 0.589. The predicted octanol–water partition coefficient (Wildman–Crippen LogP) is 1.52. The van der Waals surface area contributed by atoms with Crippen LogP contribution in [0.3, 0.4) is 0 Å². The highest BCUT2D eigenvalue weighted by atomic mass is 32.2. The fraction of sp³-hybridized carbons (Fsp3) is 0.500. The van der Waals surface area contributed by atoms with Gasteiger partial charge in [0.2, 0.25) is 10.0 Å².